The SMILES string of the molecule is COCCS(=O)(=O)NC(=O)c1ccc(Br)cc1F. The van der Waals surface area contributed by atoms with Crippen molar-refractivity contribution < 1.29 is 22.3 Å². The van der Waals surface area contributed by atoms with E-state index in [0.29, 0.717) is 4.47 Å². The lowest BCUT2D eigenvalue weighted by Gasteiger charge is -2.07. The van der Waals surface area contributed by atoms with Gasteiger partial charge in [-0.25, -0.2) is 17.5 Å². The van der Waals surface area contributed by atoms with Gasteiger partial charge in [-0.3, -0.25) is 4.79 Å². The van der Waals surface area contributed by atoms with E-state index in [9.17, 15) is 17.6 Å². The number of rotatable bonds is 5. The molecule has 0 radical (unpaired) electrons. The van der Waals surface area contributed by atoms with Crippen molar-refractivity contribution in [3.8, 4) is 0 Å². The minimum atomic E-state index is -3.82. The van der Waals surface area contributed by atoms with Gasteiger partial charge in [0.15, 0.2) is 0 Å². The molecule has 0 unspecified atom stereocenters. The van der Waals surface area contributed by atoms with Crippen LogP contribution in [0.1, 0.15) is 10.4 Å². The highest BCUT2D eigenvalue weighted by molar-refractivity contribution is 9.10. The Hall–Kier alpha value is -0.990. The standard InChI is InChI=1S/C10H11BrFNO4S/c1-17-4-5-18(15,16)13-10(14)8-3-2-7(11)6-9(8)12/h2-3,6H,4-5H2,1H3,(H,13,14). The fourth-order valence-corrected chi connectivity index (χ4v) is 2.33. The smallest absolute Gasteiger partial charge is 0.267 e. The van der Waals surface area contributed by atoms with E-state index in [4.69, 9.17) is 0 Å². The van der Waals surface area contributed by atoms with Crippen LogP contribution in [0.2, 0.25) is 0 Å². The van der Waals surface area contributed by atoms with E-state index in [-0.39, 0.29) is 17.9 Å². The lowest BCUT2D eigenvalue weighted by atomic mass is 10.2. The fraction of sp³-hybridized carbons (Fsp3) is 0.300. The van der Waals surface area contributed by atoms with Gasteiger partial charge in [-0.05, 0) is 18.2 Å². The van der Waals surface area contributed by atoms with Crippen molar-refractivity contribution in [2.45, 2.75) is 0 Å². The summed E-state index contributed by atoms with van der Waals surface area (Å²) < 4.78 is 43.0. The number of sulfonamides is 1. The van der Waals surface area contributed by atoms with E-state index in [0.717, 1.165) is 6.07 Å². The molecule has 0 aromatic heterocycles. The average molecular weight is 340 g/mol. The van der Waals surface area contributed by atoms with Crippen LogP contribution < -0.4 is 4.72 Å². The second-order valence-corrected chi connectivity index (χ2v) is 6.12. The number of methoxy groups -OCH3 is 1. The van der Waals surface area contributed by atoms with E-state index in [1.165, 1.54) is 19.2 Å². The lowest BCUT2D eigenvalue weighted by molar-refractivity contribution is 0.0977. The maximum atomic E-state index is 13.4. The third kappa shape index (κ3) is 4.35. The Labute approximate surface area is 113 Å². The number of ether oxygens (including phenoxy) is 1. The summed E-state index contributed by atoms with van der Waals surface area (Å²) >= 11 is 3.03. The first kappa shape index (κ1) is 15.1. The number of benzene rings is 1. The van der Waals surface area contributed by atoms with Gasteiger partial charge < -0.3 is 4.74 Å². The zero-order valence-electron chi connectivity index (χ0n) is 9.44. The van der Waals surface area contributed by atoms with Crippen LogP contribution in [-0.2, 0) is 14.8 Å². The van der Waals surface area contributed by atoms with Crippen molar-refractivity contribution in [3.63, 3.8) is 0 Å². The molecule has 0 bridgehead atoms. The van der Waals surface area contributed by atoms with E-state index >= 15 is 0 Å². The summed E-state index contributed by atoms with van der Waals surface area (Å²) in [6.45, 7) is -0.0502. The molecule has 0 spiro atoms. The molecule has 1 aromatic rings. The molecule has 0 aliphatic carbocycles. The van der Waals surface area contributed by atoms with E-state index in [1.54, 1.807) is 4.72 Å². The molecule has 1 N–H and O–H groups in total. The molecular formula is C10H11BrFNO4S. The molecule has 1 aromatic carbocycles. The van der Waals surface area contributed by atoms with Crippen molar-refractivity contribution in [1.29, 1.82) is 0 Å². The summed E-state index contributed by atoms with van der Waals surface area (Å²) in [7, 11) is -2.48. The van der Waals surface area contributed by atoms with Gasteiger partial charge in [-0.15, -0.1) is 0 Å². The van der Waals surface area contributed by atoms with Gasteiger partial charge in [-0.2, -0.15) is 0 Å². The van der Waals surface area contributed by atoms with Gasteiger partial charge >= 0.3 is 0 Å². The number of hydrogen-bond acceptors (Lipinski definition) is 4. The van der Waals surface area contributed by atoms with E-state index in [1.807, 2.05) is 0 Å². The molecule has 18 heavy (non-hydrogen) atoms. The number of amides is 1. The highest BCUT2D eigenvalue weighted by Gasteiger charge is 2.18. The highest BCUT2D eigenvalue weighted by Crippen LogP contribution is 2.15. The Balaban J connectivity index is 2.83. The molecule has 100 valence electrons. The molecular weight excluding hydrogens is 329 g/mol. The van der Waals surface area contributed by atoms with Crippen molar-refractivity contribution in [2.75, 3.05) is 19.5 Å². The number of carbonyl (C=O) groups excluding carboxylic acids is 1. The Morgan fingerprint density at radius 3 is 2.72 bits per heavy atom. The Morgan fingerprint density at radius 1 is 1.50 bits per heavy atom. The minimum Gasteiger partial charge on any atom is -0.384 e. The van der Waals surface area contributed by atoms with Crippen LogP contribution >= 0.6 is 15.9 Å². The van der Waals surface area contributed by atoms with Gasteiger partial charge in [-0.1, -0.05) is 15.9 Å². The maximum absolute atomic E-state index is 13.4. The van der Waals surface area contributed by atoms with Crippen molar-refractivity contribution in [1.82, 2.24) is 4.72 Å². The van der Waals surface area contributed by atoms with Crippen LogP contribution in [0.15, 0.2) is 22.7 Å². The van der Waals surface area contributed by atoms with Crippen LogP contribution in [0.3, 0.4) is 0 Å². The summed E-state index contributed by atoms with van der Waals surface area (Å²) in [5.74, 6) is -2.17. The third-order valence-electron chi connectivity index (χ3n) is 1.98. The van der Waals surface area contributed by atoms with Gasteiger partial charge in [0.25, 0.3) is 5.91 Å². The summed E-state index contributed by atoms with van der Waals surface area (Å²) in [6, 6.07) is 3.72. The van der Waals surface area contributed by atoms with Gasteiger partial charge in [0.1, 0.15) is 5.82 Å². The number of carbonyl (C=O) groups is 1. The maximum Gasteiger partial charge on any atom is 0.267 e. The Kier molecular flexibility index (Phi) is 5.24. The van der Waals surface area contributed by atoms with Gasteiger partial charge in [0.2, 0.25) is 10.0 Å². The van der Waals surface area contributed by atoms with Gasteiger partial charge in [0, 0.05) is 11.6 Å². The lowest BCUT2D eigenvalue weighted by Crippen LogP contribution is -2.34. The van der Waals surface area contributed by atoms with Crippen LogP contribution in [0, 0.1) is 5.82 Å². The molecule has 5 nitrogen and oxygen atoms in total. The van der Waals surface area contributed by atoms with E-state index in [2.05, 4.69) is 20.7 Å². The second kappa shape index (κ2) is 6.26. The second-order valence-electron chi connectivity index (χ2n) is 3.37. The Morgan fingerprint density at radius 2 is 2.17 bits per heavy atom. The molecule has 1 rings (SSSR count). The number of nitrogens with one attached hydrogen (secondary N) is 1. The first-order chi connectivity index (χ1) is 8.35. The largest absolute Gasteiger partial charge is 0.384 e. The molecule has 0 heterocycles. The normalized spacial score (nSPS) is 11.3. The fourth-order valence-electron chi connectivity index (χ4n) is 1.11. The molecule has 0 aliphatic rings. The third-order valence-corrected chi connectivity index (χ3v) is 3.67. The zero-order valence-corrected chi connectivity index (χ0v) is 11.8. The molecule has 0 atom stereocenters. The molecule has 0 aliphatic heterocycles. The van der Waals surface area contributed by atoms with Crippen LogP contribution in [-0.4, -0.2) is 33.8 Å². The molecule has 0 fully saturated rings. The number of hydrogen-bond donors (Lipinski definition) is 1. The number of halogens is 2. The minimum absolute atomic E-state index is 0.0502. The predicted molar refractivity (Wildman–Crippen MR) is 67.2 cm³/mol. The van der Waals surface area contributed by atoms with Crippen LogP contribution in [0.5, 0.6) is 0 Å². The van der Waals surface area contributed by atoms with Crippen molar-refractivity contribution in [3.05, 3.63) is 34.1 Å². The topological polar surface area (TPSA) is 72.5 Å². The van der Waals surface area contributed by atoms with Crippen LogP contribution in [0.25, 0.3) is 0 Å². The van der Waals surface area contributed by atoms with E-state index < -0.39 is 21.7 Å². The zero-order chi connectivity index (χ0) is 13.8. The van der Waals surface area contributed by atoms with Gasteiger partial charge in [0.05, 0.1) is 17.9 Å². The molecule has 1 amide bonds. The first-order valence-corrected chi connectivity index (χ1v) is 7.29. The first-order valence-electron chi connectivity index (χ1n) is 4.84. The summed E-state index contributed by atoms with van der Waals surface area (Å²) in [6.07, 6.45) is 0. The van der Waals surface area contributed by atoms with Crippen LogP contribution in [0.4, 0.5) is 4.39 Å². The van der Waals surface area contributed by atoms with Crippen molar-refractivity contribution in [2.24, 2.45) is 0 Å². The van der Waals surface area contributed by atoms with Crippen molar-refractivity contribution >= 4 is 31.9 Å². The molecule has 0 saturated carbocycles. The summed E-state index contributed by atoms with van der Waals surface area (Å²) in [4.78, 5) is 11.6. The highest BCUT2D eigenvalue weighted by atomic mass is 79.9. The molecule has 0 saturated heterocycles. The predicted octanol–water partition coefficient (Wildman–Crippen LogP) is 1.29. The summed E-state index contributed by atoms with van der Waals surface area (Å²) in [5.41, 5.74) is -0.334. The summed E-state index contributed by atoms with van der Waals surface area (Å²) in [5, 5.41) is 0. The average Bonchev–Trinajstić information content (AvgIpc) is 2.25. The monoisotopic (exact) mass is 339 g/mol. The quantitative estimate of drug-likeness (QED) is 0.877. The molecule has 8 heteroatoms. The Bertz CT molecular complexity index is 547.